The number of benzene rings is 1. The van der Waals surface area contributed by atoms with Crippen molar-refractivity contribution in [2.75, 3.05) is 47.5 Å². The molecule has 1 rings (SSSR count). The highest BCUT2D eigenvalue weighted by Crippen LogP contribution is 2.25. The van der Waals surface area contributed by atoms with Gasteiger partial charge in [-0.05, 0) is 19.7 Å². The molecule has 4 nitrogen and oxygen atoms in total. The van der Waals surface area contributed by atoms with E-state index in [1.807, 2.05) is 12.1 Å². The van der Waals surface area contributed by atoms with Crippen LogP contribution in [0, 0.1) is 0 Å². The van der Waals surface area contributed by atoms with Crippen molar-refractivity contribution >= 4 is 0 Å². The lowest BCUT2D eigenvalue weighted by atomic mass is 10.1. The molecule has 1 aromatic carbocycles. The van der Waals surface area contributed by atoms with Gasteiger partial charge in [0.2, 0.25) is 0 Å². The molecular weight excluding hydrogens is 240 g/mol. The highest BCUT2D eigenvalue weighted by Gasteiger charge is 2.16. The normalized spacial score (nSPS) is 12.7. The minimum Gasteiger partial charge on any atom is -0.496 e. The molecule has 0 amide bonds. The summed E-state index contributed by atoms with van der Waals surface area (Å²) < 4.78 is 10.6. The van der Waals surface area contributed by atoms with Gasteiger partial charge >= 0.3 is 0 Å². The molecule has 1 atom stereocenters. The number of para-hydroxylation sites is 1. The van der Waals surface area contributed by atoms with Gasteiger partial charge in [0.25, 0.3) is 0 Å². The first kappa shape index (κ1) is 16.0. The summed E-state index contributed by atoms with van der Waals surface area (Å²) in [6, 6.07) is 8.45. The van der Waals surface area contributed by atoms with Gasteiger partial charge < -0.3 is 19.7 Å². The van der Waals surface area contributed by atoms with Gasteiger partial charge in [-0.2, -0.15) is 0 Å². The predicted molar refractivity (Wildman–Crippen MR) is 78.8 cm³/mol. The fourth-order valence-corrected chi connectivity index (χ4v) is 2.12. The lowest BCUT2D eigenvalue weighted by molar-refractivity contribution is 0.155. The van der Waals surface area contributed by atoms with E-state index in [0.29, 0.717) is 0 Å². The fraction of sp³-hybridized carbons (Fsp3) is 0.600. The lowest BCUT2D eigenvalue weighted by Crippen LogP contribution is -2.34. The Morgan fingerprint density at radius 2 is 2.00 bits per heavy atom. The molecule has 4 heteroatoms. The second kappa shape index (κ2) is 8.91. The molecule has 1 aromatic rings. The summed E-state index contributed by atoms with van der Waals surface area (Å²) in [5.41, 5.74) is 1.20. The maximum Gasteiger partial charge on any atom is 0.123 e. The van der Waals surface area contributed by atoms with Crippen molar-refractivity contribution in [1.29, 1.82) is 0 Å². The van der Waals surface area contributed by atoms with Gasteiger partial charge in [-0.3, -0.25) is 0 Å². The summed E-state index contributed by atoms with van der Waals surface area (Å²) in [6.07, 6.45) is 0. The summed E-state index contributed by atoms with van der Waals surface area (Å²) in [5, 5.41) is 3.52. The molecule has 0 spiro atoms. The quantitative estimate of drug-likeness (QED) is 0.740. The van der Waals surface area contributed by atoms with E-state index in [0.717, 1.165) is 32.0 Å². The van der Waals surface area contributed by atoms with Crippen molar-refractivity contribution < 1.29 is 9.47 Å². The highest BCUT2D eigenvalue weighted by molar-refractivity contribution is 5.36. The van der Waals surface area contributed by atoms with Crippen LogP contribution in [0.4, 0.5) is 0 Å². The average Bonchev–Trinajstić information content (AvgIpc) is 2.44. The van der Waals surface area contributed by atoms with E-state index in [1.165, 1.54) is 5.56 Å². The molecule has 108 valence electrons. The highest BCUT2D eigenvalue weighted by atomic mass is 16.5. The molecule has 0 aliphatic carbocycles. The SMILES string of the molecule is CCNC(CN(C)CCOC)c1ccccc1OC. The van der Waals surface area contributed by atoms with Crippen LogP contribution in [-0.2, 0) is 4.74 Å². The molecule has 0 radical (unpaired) electrons. The standard InChI is InChI=1S/C15H26N2O2/c1-5-16-14(12-17(2)10-11-18-3)13-8-6-7-9-15(13)19-4/h6-9,14,16H,5,10-12H2,1-4H3. The van der Waals surface area contributed by atoms with E-state index in [2.05, 4.69) is 36.3 Å². The Labute approximate surface area is 116 Å². The Balaban J connectivity index is 2.75. The molecule has 0 aromatic heterocycles. The molecule has 0 fully saturated rings. The Morgan fingerprint density at radius 3 is 2.63 bits per heavy atom. The van der Waals surface area contributed by atoms with Crippen molar-refractivity contribution in [3.05, 3.63) is 29.8 Å². The van der Waals surface area contributed by atoms with E-state index in [4.69, 9.17) is 9.47 Å². The van der Waals surface area contributed by atoms with Crippen LogP contribution in [0.25, 0.3) is 0 Å². The number of hydrogen-bond acceptors (Lipinski definition) is 4. The number of methoxy groups -OCH3 is 2. The average molecular weight is 266 g/mol. The molecule has 0 heterocycles. The van der Waals surface area contributed by atoms with Gasteiger partial charge in [-0.1, -0.05) is 25.1 Å². The van der Waals surface area contributed by atoms with Gasteiger partial charge in [0, 0.05) is 31.8 Å². The molecule has 0 aliphatic rings. The van der Waals surface area contributed by atoms with Gasteiger partial charge in [-0.25, -0.2) is 0 Å². The first-order valence-electron chi connectivity index (χ1n) is 6.76. The van der Waals surface area contributed by atoms with Crippen LogP contribution in [0.5, 0.6) is 5.75 Å². The molecule has 0 saturated heterocycles. The van der Waals surface area contributed by atoms with Crippen LogP contribution >= 0.6 is 0 Å². The van der Waals surface area contributed by atoms with Crippen molar-refractivity contribution in [2.45, 2.75) is 13.0 Å². The summed E-state index contributed by atoms with van der Waals surface area (Å²) in [4.78, 5) is 2.27. The zero-order chi connectivity index (χ0) is 14.1. The van der Waals surface area contributed by atoms with Crippen LogP contribution in [-0.4, -0.2) is 52.4 Å². The molecular formula is C15H26N2O2. The predicted octanol–water partition coefficient (Wildman–Crippen LogP) is 1.92. The van der Waals surface area contributed by atoms with E-state index < -0.39 is 0 Å². The van der Waals surface area contributed by atoms with E-state index in [-0.39, 0.29) is 6.04 Å². The van der Waals surface area contributed by atoms with Crippen LogP contribution < -0.4 is 10.1 Å². The number of ether oxygens (including phenoxy) is 2. The maximum absolute atomic E-state index is 5.45. The molecule has 1 N–H and O–H groups in total. The molecule has 0 bridgehead atoms. The van der Waals surface area contributed by atoms with E-state index in [1.54, 1.807) is 14.2 Å². The summed E-state index contributed by atoms with van der Waals surface area (Å²) >= 11 is 0. The van der Waals surface area contributed by atoms with Gasteiger partial charge in [-0.15, -0.1) is 0 Å². The Morgan fingerprint density at radius 1 is 1.26 bits per heavy atom. The van der Waals surface area contributed by atoms with Crippen molar-refractivity contribution in [1.82, 2.24) is 10.2 Å². The van der Waals surface area contributed by atoms with Crippen molar-refractivity contribution in [2.24, 2.45) is 0 Å². The van der Waals surface area contributed by atoms with Gasteiger partial charge in [0.05, 0.1) is 13.7 Å². The third-order valence-electron chi connectivity index (χ3n) is 3.14. The topological polar surface area (TPSA) is 33.7 Å². The lowest BCUT2D eigenvalue weighted by Gasteiger charge is -2.26. The first-order valence-corrected chi connectivity index (χ1v) is 6.76. The zero-order valence-electron chi connectivity index (χ0n) is 12.5. The third-order valence-corrected chi connectivity index (χ3v) is 3.14. The van der Waals surface area contributed by atoms with E-state index >= 15 is 0 Å². The van der Waals surface area contributed by atoms with Crippen molar-refractivity contribution in [3.63, 3.8) is 0 Å². The minimum absolute atomic E-state index is 0.267. The number of nitrogens with zero attached hydrogens (tertiary/aromatic N) is 1. The smallest absolute Gasteiger partial charge is 0.123 e. The Bertz CT molecular complexity index is 358. The largest absolute Gasteiger partial charge is 0.496 e. The minimum atomic E-state index is 0.267. The first-order chi connectivity index (χ1) is 9.22. The van der Waals surface area contributed by atoms with Crippen molar-refractivity contribution in [3.8, 4) is 5.75 Å². The second-order valence-electron chi connectivity index (χ2n) is 4.61. The Kier molecular flexibility index (Phi) is 7.48. The van der Waals surface area contributed by atoms with Gasteiger partial charge in [0.1, 0.15) is 5.75 Å². The van der Waals surface area contributed by atoms with Crippen LogP contribution in [0.3, 0.4) is 0 Å². The molecule has 1 unspecified atom stereocenters. The third kappa shape index (κ3) is 5.19. The van der Waals surface area contributed by atoms with Gasteiger partial charge in [0.15, 0.2) is 0 Å². The Hall–Kier alpha value is -1.10. The number of rotatable bonds is 9. The number of hydrogen-bond donors (Lipinski definition) is 1. The van der Waals surface area contributed by atoms with Crippen LogP contribution in [0.2, 0.25) is 0 Å². The molecule has 0 saturated carbocycles. The van der Waals surface area contributed by atoms with Crippen LogP contribution in [0.1, 0.15) is 18.5 Å². The zero-order valence-corrected chi connectivity index (χ0v) is 12.5. The number of likely N-dealkylation sites (N-methyl/N-ethyl adjacent to an activating group) is 2. The summed E-state index contributed by atoms with van der Waals surface area (Å²) in [6.45, 7) is 5.66. The summed E-state index contributed by atoms with van der Waals surface area (Å²) in [7, 11) is 5.56. The maximum atomic E-state index is 5.45. The summed E-state index contributed by atoms with van der Waals surface area (Å²) in [5.74, 6) is 0.939. The molecule has 19 heavy (non-hydrogen) atoms. The molecule has 0 aliphatic heterocycles. The fourth-order valence-electron chi connectivity index (χ4n) is 2.12. The second-order valence-corrected chi connectivity index (χ2v) is 4.61. The van der Waals surface area contributed by atoms with Crippen LogP contribution in [0.15, 0.2) is 24.3 Å². The monoisotopic (exact) mass is 266 g/mol. The number of nitrogens with one attached hydrogen (secondary N) is 1. The van der Waals surface area contributed by atoms with E-state index in [9.17, 15) is 0 Å².